The Balaban J connectivity index is 1.87. The topological polar surface area (TPSA) is 76.7 Å². The molecule has 0 saturated carbocycles. The Morgan fingerprint density at radius 1 is 0.917 bits per heavy atom. The fourth-order valence-corrected chi connectivity index (χ4v) is 1.94. The number of hydrogen-bond acceptors (Lipinski definition) is 4. The summed E-state index contributed by atoms with van der Waals surface area (Å²) >= 11 is 5.79. The van der Waals surface area contributed by atoms with E-state index in [1.165, 1.54) is 7.11 Å². The molecule has 2 rings (SSSR count). The first-order chi connectivity index (χ1) is 11.6. The average Bonchev–Trinajstić information content (AvgIpc) is 2.58. The van der Waals surface area contributed by atoms with Crippen LogP contribution in [0.5, 0.6) is 0 Å². The molecule has 0 aliphatic carbocycles. The molecule has 2 N–H and O–H groups in total. The number of carbonyl (C=O) groups is 2. The standard InChI is InChI=1S/C17H17ClN2O4/c1-23-10-11-24-16(21)12-2-6-14(7-3-12)19-17(22)20-15-8-4-13(18)5-9-15/h2-9H,10-11H2,1H3,(H2,19,20,22). The summed E-state index contributed by atoms with van der Waals surface area (Å²) in [6.07, 6.45) is 0. The number of amides is 2. The van der Waals surface area contributed by atoms with Crippen LogP contribution in [0.25, 0.3) is 0 Å². The smallest absolute Gasteiger partial charge is 0.338 e. The highest BCUT2D eigenvalue weighted by Crippen LogP contribution is 2.15. The highest BCUT2D eigenvalue weighted by Gasteiger charge is 2.08. The Bertz CT molecular complexity index is 687. The Morgan fingerprint density at radius 3 is 2.00 bits per heavy atom. The fraction of sp³-hybridized carbons (Fsp3) is 0.176. The first-order valence-corrected chi connectivity index (χ1v) is 7.56. The van der Waals surface area contributed by atoms with Crippen molar-refractivity contribution in [3.05, 3.63) is 59.1 Å². The molecule has 0 bridgehead atoms. The van der Waals surface area contributed by atoms with Crippen LogP contribution in [0.3, 0.4) is 0 Å². The van der Waals surface area contributed by atoms with Crippen molar-refractivity contribution in [1.82, 2.24) is 0 Å². The summed E-state index contributed by atoms with van der Waals surface area (Å²) in [5.41, 5.74) is 1.57. The monoisotopic (exact) mass is 348 g/mol. The SMILES string of the molecule is COCCOC(=O)c1ccc(NC(=O)Nc2ccc(Cl)cc2)cc1. The van der Waals surface area contributed by atoms with Gasteiger partial charge in [-0.1, -0.05) is 11.6 Å². The van der Waals surface area contributed by atoms with Crippen molar-refractivity contribution in [2.45, 2.75) is 0 Å². The van der Waals surface area contributed by atoms with Gasteiger partial charge in [-0.3, -0.25) is 0 Å². The molecule has 0 atom stereocenters. The molecule has 126 valence electrons. The number of urea groups is 1. The van der Waals surface area contributed by atoms with Crippen LogP contribution in [0.1, 0.15) is 10.4 Å². The highest BCUT2D eigenvalue weighted by atomic mass is 35.5. The first kappa shape index (κ1) is 17.8. The third-order valence-electron chi connectivity index (χ3n) is 3.00. The maximum absolute atomic E-state index is 11.9. The molecule has 6 nitrogen and oxygen atoms in total. The van der Waals surface area contributed by atoms with Crippen molar-refractivity contribution >= 4 is 35.0 Å². The second kappa shape index (κ2) is 8.90. The van der Waals surface area contributed by atoms with Gasteiger partial charge < -0.3 is 20.1 Å². The third-order valence-corrected chi connectivity index (χ3v) is 3.25. The number of methoxy groups -OCH3 is 1. The van der Waals surface area contributed by atoms with E-state index in [0.29, 0.717) is 28.6 Å². The van der Waals surface area contributed by atoms with Crippen molar-refractivity contribution in [3.8, 4) is 0 Å². The van der Waals surface area contributed by atoms with Gasteiger partial charge in [0.15, 0.2) is 0 Å². The lowest BCUT2D eigenvalue weighted by molar-refractivity contribution is 0.0388. The minimum absolute atomic E-state index is 0.193. The lowest BCUT2D eigenvalue weighted by Crippen LogP contribution is -2.19. The molecule has 0 radical (unpaired) electrons. The summed E-state index contributed by atoms with van der Waals surface area (Å²) in [7, 11) is 1.53. The molecular formula is C17H17ClN2O4. The number of anilines is 2. The zero-order valence-corrected chi connectivity index (χ0v) is 13.8. The highest BCUT2D eigenvalue weighted by molar-refractivity contribution is 6.30. The number of rotatable bonds is 6. The normalized spacial score (nSPS) is 10.1. The van der Waals surface area contributed by atoms with Gasteiger partial charge in [-0.25, -0.2) is 9.59 Å². The number of hydrogen-bond donors (Lipinski definition) is 2. The van der Waals surface area contributed by atoms with Gasteiger partial charge in [0, 0.05) is 23.5 Å². The van der Waals surface area contributed by atoms with Crippen molar-refractivity contribution in [2.75, 3.05) is 31.0 Å². The second-order valence-electron chi connectivity index (χ2n) is 4.79. The zero-order valence-electron chi connectivity index (χ0n) is 13.0. The number of halogens is 1. The molecular weight excluding hydrogens is 332 g/mol. The van der Waals surface area contributed by atoms with Gasteiger partial charge in [-0.15, -0.1) is 0 Å². The summed E-state index contributed by atoms with van der Waals surface area (Å²) in [5, 5.41) is 5.94. The third kappa shape index (κ3) is 5.57. The number of ether oxygens (including phenoxy) is 2. The number of benzene rings is 2. The van der Waals surface area contributed by atoms with E-state index in [1.807, 2.05) is 0 Å². The van der Waals surface area contributed by atoms with Gasteiger partial charge in [-0.05, 0) is 48.5 Å². The van der Waals surface area contributed by atoms with Gasteiger partial charge in [0.1, 0.15) is 6.61 Å². The van der Waals surface area contributed by atoms with Crippen LogP contribution in [-0.4, -0.2) is 32.3 Å². The molecule has 2 amide bonds. The van der Waals surface area contributed by atoms with E-state index in [2.05, 4.69) is 10.6 Å². The maximum Gasteiger partial charge on any atom is 0.338 e. The Morgan fingerprint density at radius 2 is 1.46 bits per heavy atom. The molecule has 24 heavy (non-hydrogen) atoms. The largest absolute Gasteiger partial charge is 0.460 e. The predicted molar refractivity (Wildman–Crippen MR) is 92.7 cm³/mol. The van der Waals surface area contributed by atoms with E-state index in [-0.39, 0.29) is 6.61 Å². The van der Waals surface area contributed by atoms with Gasteiger partial charge in [0.25, 0.3) is 0 Å². The van der Waals surface area contributed by atoms with Crippen LogP contribution in [0.4, 0.5) is 16.2 Å². The van der Waals surface area contributed by atoms with Crippen molar-refractivity contribution in [2.24, 2.45) is 0 Å². The quantitative estimate of drug-likeness (QED) is 0.615. The van der Waals surface area contributed by atoms with Crippen molar-refractivity contribution < 1.29 is 19.1 Å². The minimum atomic E-state index is -0.441. The zero-order chi connectivity index (χ0) is 17.4. The lowest BCUT2D eigenvalue weighted by atomic mass is 10.2. The molecule has 0 saturated heterocycles. The number of carbonyl (C=O) groups excluding carboxylic acids is 2. The molecule has 0 aromatic heterocycles. The summed E-state index contributed by atoms with van der Waals surface area (Å²) in [6, 6.07) is 12.8. The van der Waals surface area contributed by atoms with Crippen LogP contribution in [0.2, 0.25) is 5.02 Å². The molecule has 0 heterocycles. The summed E-state index contributed by atoms with van der Waals surface area (Å²) in [5.74, 6) is -0.441. The lowest BCUT2D eigenvalue weighted by Gasteiger charge is -2.08. The van der Waals surface area contributed by atoms with Gasteiger partial charge >= 0.3 is 12.0 Å². The van der Waals surface area contributed by atoms with Crippen LogP contribution in [0.15, 0.2) is 48.5 Å². The van der Waals surface area contributed by atoms with E-state index >= 15 is 0 Å². The molecule has 0 unspecified atom stereocenters. The first-order valence-electron chi connectivity index (χ1n) is 7.18. The molecule has 0 fully saturated rings. The molecule has 0 aliphatic heterocycles. The van der Waals surface area contributed by atoms with Crippen molar-refractivity contribution in [1.29, 1.82) is 0 Å². The van der Waals surface area contributed by atoms with Crippen LogP contribution in [0, 0.1) is 0 Å². The number of nitrogens with one attached hydrogen (secondary N) is 2. The molecule has 7 heteroatoms. The Labute approximate surface area is 144 Å². The minimum Gasteiger partial charge on any atom is -0.460 e. The van der Waals surface area contributed by atoms with Gasteiger partial charge in [0.2, 0.25) is 0 Å². The van der Waals surface area contributed by atoms with E-state index in [4.69, 9.17) is 21.1 Å². The molecule has 0 aliphatic rings. The van der Waals surface area contributed by atoms with Crippen LogP contribution < -0.4 is 10.6 Å². The Kier molecular flexibility index (Phi) is 6.60. The average molecular weight is 349 g/mol. The van der Waals surface area contributed by atoms with Gasteiger partial charge in [-0.2, -0.15) is 0 Å². The van der Waals surface area contributed by atoms with Gasteiger partial charge in [0.05, 0.1) is 12.2 Å². The summed E-state index contributed by atoms with van der Waals surface area (Å²) < 4.78 is 9.81. The molecule has 2 aromatic rings. The second-order valence-corrected chi connectivity index (χ2v) is 5.23. The van der Waals surface area contributed by atoms with E-state index < -0.39 is 12.0 Å². The number of esters is 1. The van der Waals surface area contributed by atoms with E-state index in [9.17, 15) is 9.59 Å². The summed E-state index contributed by atoms with van der Waals surface area (Å²) in [4.78, 5) is 23.6. The van der Waals surface area contributed by atoms with E-state index in [1.54, 1.807) is 48.5 Å². The van der Waals surface area contributed by atoms with E-state index in [0.717, 1.165) is 0 Å². The van der Waals surface area contributed by atoms with Crippen molar-refractivity contribution in [3.63, 3.8) is 0 Å². The van der Waals surface area contributed by atoms with Crippen LogP contribution >= 0.6 is 11.6 Å². The summed E-state index contributed by atoms with van der Waals surface area (Å²) in [6.45, 7) is 0.537. The van der Waals surface area contributed by atoms with Crippen LogP contribution in [-0.2, 0) is 9.47 Å². The molecule has 2 aromatic carbocycles. The Hall–Kier alpha value is -2.57. The predicted octanol–water partition coefficient (Wildman–Crippen LogP) is 3.79. The maximum atomic E-state index is 11.9. The fourth-order valence-electron chi connectivity index (χ4n) is 1.82. The molecule has 0 spiro atoms.